The number of rotatable bonds is 9. The molecule has 0 spiro atoms. The summed E-state index contributed by atoms with van der Waals surface area (Å²) in [5.74, 6) is -1.25. The van der Waals surface area contributed by atoms with Crippen molar-refractivity contribution in [2.75, 3.05) is 13.6 Å². The van der Waals surface area contributed by atoms with Crippen LogP contribution in [0.3, 0.4) is 0 Å². The van der Waals surface area contributed by atoms with Crippen molar-refractivity contribution in [1.82, 2.24) is 4.90 Å². The van der Waals surface area contributed by atoms with Crippen LogP contribution < -0.4 is 0 Å². The fourth-order valence-corrected chi connectivity index (χ4v) is 3.60. The average Bonchev–Trinajstić information content (AvgIpc) is 3.00. The second-order valence-electron chi connectivity index (χ2n) is 5.77. The lowest BCUT2D eigenvalue weighted by Gasteiger charge is -2.15. The third-order valence-electron chi connectivity index (χ3n) is 3.86. The molecule has 0 aliphatic rings. The van der Waals surface area contributed by atoms with E-state index < -0.39 is 11.9 Å². The molecule has 0 aliphatic heterocycles. The molecule has 1 amide bonds. The van der Waals surface area contributed by atoms with Gasteiger partial charge < -0.3 is 10.0 Å². The van der Waals surface area contributed by atoms with Gasteiger partial charge in [0, 0.05) is 18.5 Å². The molecule has 4 nitrogen and oxygen atoms in total. The number of carboxylic acid groups (broad SMARTS) is 1. The van der Waals surface area contributed by atoms with Gasteiger partial charge in [0.05, 0.1) is 10.3 Å². The van der Waals surface area contributed by atoms with E-state index in [4.69, 9.17) is 11.6 Å². The molecule has 0 radical (unpaired) electrons. The van der Waals surface area contributed by atoms with Gasteiger partial charge >= 0.3 is 5.97 Å². The van der Waals surface area contributed by atoms with E-state index >= 15 is 0 Å². The zero-order chi connectivity index (χ0) is 17.5. The van der Waals surface area contributed by atoms with Gasteiger partial charge in [-0.25, -0.2) is 0 Å². The predicted molar refractivity (Wildman–Crippen MR) is 97.5 cm³/mol. The molecular formula is C18H20ClNO3S. The number of benzene rings is 1. The minimum Gasteiger partial charge on any atom is -0.481 e. The Bertz CT molecular complexity index is 701. The average molecular weight is 366 g/mol. The van der Waals surface area contributed by atoms with Gasteiger partial charge in [-0.1, -0.05) is 35.9 Å². The SMILES string of the molecule is CN(C=O)CCCC(Cc1cccc(-c2ccc(Cl)s2)c1)C(=O)O. The molecular weight excluding hydrogens is 346 g/mol. The van der Waals surface area contributed by atoms with Crippen molar-refractivity contribution < 1.29 is 14.7 Å². The molecule has 0 saturated heterocycles. The summed E-state index contributed by atoms with van der Waals surface area (Å²) in [6, 6.07) is 11.7. The number of hydrogen-bond donors (Lipinski definition) is 1. The fraction of sp³-hybridized carbons (Fsp3) is 0.333. The van der Waals surface area contributed by atoms with Gasteiger partial charge in [-0.05, 0) is 42.5 Å². The second-order valence-corrected chi connectivity index (χ2v) is 7.49. The number of carboxylic acids is 1. The van der Waals surface area contributed by atoms with E-state index in [0.717, 1.165) is 26.8 Å². The molecule has 0 aliphatic carbocycles. The highest BCUT2D eigenvalue weighted by atomic mass is 35.5. The number of halogens is 1. The van der Waals surface area contributed by atoms with E-state index in [1.807, 2.05) is 36.4 Å². The minimum absolute atomic E-state index is 0.452. The number of thiophene rings is 1. The molecule has 0 bridgehead atoms. The first kappa shape index (κ1) is 18.5. The summed E-state index contributed by atoms with van der Waals surface area (Å²) in [4.78, 5) is 24.7. The molecule has 1 aromatic heterocycles. The van der Waals surface area contributed by atoms with Crippen molar-refractivity contribution in [1.29, 1.82) is 0 Å². The summed E-state index contributed by atoms with van der Waals surface area (Å²) >= 11 is 7.49. The Morgan fingerprint density at radius 2 is 2.17 bits per heavy atom. The van der Waals surface area contributed by atoms with E-state index in [1.165, 1.54) is 16.2 Å². The van der Waals surface area contributed by atoms with E-state index in [0.29, 0.717) is 25.8 Å². The molecule has 1 unspecified atom stereocenters. The number of amides is 1. The lowest BCUT2D eigenvalue weighted by molar-refractivity contribution is -0.142. The maximum atomic E-state index is 11.5. The maximum Gasteiger partial charge on any atom is 0.306 e. The van der Waals surface area contributed by atoms with Gasteiger partial charge in [-0.15, -0.1) is 11.3 Å². The highest BCUT2D eigenvalue weighted by Gasteiger charge is 2.18. The Balaban J connectivity index is 2.04. The van der Waals surface area contributed by atoms with Crippen molar-refractivity contribution in [3.63, 3.8) is 0 Å². The first-order chi connectivity index (χ1) is 11.5. The summed E-state index contributed by atoms with van der Waals surface area (Å²) < 4.78 is 0.734. The second kappa shape index (κ2) is 8.85. The van der Waals surface area contributed by atoms with Crippen LogP contribution in [-0.2, 0) is 16.0 Å². The summed E-state index contributed by atoms with van der Waals surface area (Å²) in [5, 5.41) is 9.45. The van der Waals surface area contributed by atoms with Crippen LogP contribution in [0, 0.1) is 5.92 Å². The molecule has 0 saturated carbocycles. The third-order valence-corrected chi connectivity index (χ3v) is 5.14. The Hall–Kier alpha value is -1.85. The van der Waals surface area contributed by atoms with Crippen molar-refractivity contribution in [2.45, 2.75) is 19.3 Å². The maximum absolute atomic E-state index is 11.5. The van der Waals surface area contributed by atoms with Gasteiger partial charge in [0.25, 0.3) is 0 Å². The molecule has 1 N–H and O–H groups in total. The summed E-state index contributed by atoms with van der Waals surface area (Å²) in [7, 11) is 1.69. The fourth-order valence-electron chi connectivity index (χ4n) is 2.56. The van der Waals surface area contributed by atoms with Gasteiger partial charge in [0.15, 0.2) is 0 Å². The third kappa shape index (κ3) is 5.35. The molecule has 0 fully saturated rings. The molecule has 2 rings (SSSR count). The first-order valence-electron chi connectivity index (χ1n) is 7.72. The van der Waals surface area contributed by atoms with Crippen molar-refractivity contribution in [3.05, 3.63) is 46.3 Å². The standard InChI is InChI=1S/C18H20ClNO3S/c1-20(12-21)9-3-6-15(18(22)23)11-13-4-2-5-14(10-13)16-7-8-17(19)24-16/h2,4-5,7-8,10,12,15H,3,6,9,11H2,1H3,(H,22,23). The highest BCUT2D eigenvalue weighted by Crippen LogP contribution is 2.31. The van der Waals surface area contributed by atoms with Gasteiger partial charge in [0.2, 0.25) is 6.41 Å². The Morgan fingerprint density at radius 1 is 1.38 bits per heavy atom. The van der Waals surface area contributed by atoms with Crippen LogP contribution in [0.15, 0.2) is 36.4 Å². The minimum atomic E-state index is -0.798. The smallest absolute Gasteiger partial charge is 0.306 e. The zero-order valence-electron chi connectivity index (χ0n) is 13.4. The van der Waals surface area contributed by atoms with E-state index in [1.54, 1.807) is 7.05 Å². The lowest BCUT2D eigenvalue weighted by Crippen LogP contribution is -2.21. The van der Waals surface area contributed by atoms with Crippen LogP contribution in [0.4, 0.5) is 0 Å². The summed E-state index contributed by atoms with van der Waals surface area (Å²) in [5.41, 5.74) is 2.04. The zero-order valence-corrected chi connectivity index (χ0v) is 15.0. The first-order valence-corrected chi connectivity index (χ1v) is 8.92. The van der Waals surface area contributed by atoms with Crippen LogP contribution in [0.2, 0.25) is 4.34 Å². The normalized spacial score (nSPS) is 11.9. The number of hydrogen-bond acceptors (Lipinski definition) is 3. The number of carbonyl (C=O) groups is 2. The molecule has 1 heterocycles. The summed E-state index contributed by atoms with van der Waals surface area (Å²) in [6.45, 7) is 0.570. The van der Waals surface area contributed by atoms with Crippen LogP contribution in [0.25, 0.3) is 10.4 Å². The Labute approximate surface area is 150 Å². The van der Waals surface area contributed by atoms with E-state index in [2.05, 4.69) is 0 Å². The van der Waals surface area contributed by atoms with E-state index in [9.17, 15) is 14.7 Å². The van der Waals surface area contributed by atoms with Crippen molar-refractivity contribution >= 4 is 35.3 Å². The molecule has 24 heavy (non-hydrogen) atoms. The van der Waals surface area contributed by atoms with Gasteiger partial charge in [0.1, 0.15) is 0 Å². The number of nitrogens with zero attached hydrogens (tertiary/aromatic N) is 1. The molecule has 2 aromatic rings. The monoisotopic (exact) mass is 365 g/mol. The predicted octanol–water partition coefficient (Wildman–Crippen LogP) is 4.18. The largest absolute Gasteiger partial charge is 0.481 e. The Kier molecular flexibility index (Phi) is 6.82. The molecule has 1 atom stereocenters. The quantitative estimate of drug-likeness (QED) is 0.678. The summed E-state index contributed by atoms with van der Waals surface area (Å²) in [6.07, 6.45) is 2.45. The molecule has 6 heteroatoms. The Morgan fingerprint density at radius 3 is 2.79 bits per heavy atom. The van der Waals surface area contributed by atoms with Crippen LogP contribution in [0.5, 0.6) is 0 Å². The molecule has 1 aromatic carbocycles. The van der Waals surface area contributed by atoms with Gasteiger partial charge in [-0.2, -0.15) is 0 Å². The van der Waals surface area contributed by atoms with E-state index in [-0.39, 0.29) is 0 Å². The number of aliphatic carboxylic acids is 1. The van der Waals surface area contributed by atoms with Crippen LogP contribution in [0.1, 0.15) is 18.4 Å². The highest BCUT2D eigenvalue weighted by molar-refractivity contribution is 7.19. The lowest BCUT2D eigenvalue weighted by atomic mass is 9.94. The van der Waals surface area contributed by atoms with Crippen molar-refractivity contribution in [2.24, 2.45) is 5.92 Å². The van der Waals surface area contributed by atoms with Crippen LogP contribution in [-0.4, -0.2) is 36.0 Å². The topological polar surface area (TPSA) is 57.6 Å². The van der Waals surface area contributed by atoms with Crippen molar-refractivity contribution in [3.8, 4) is 10.4 Å². The van der Waals surface area contributed by atoms with Gasteiger partial charge in [-0.3, -0.25) is 9.59 Å². The molecule has 128 valence electrons. The number of carbonyl (C=O) groups excluding carboxylic acids is 1. The van der Waals surface area contributed by atoms with Crippen LogP contribution >= 0.6 is 22.9 Å².